The third-order valence-corrected chi connectivity index (χ3v) is 7.96. The number of rotatable bonds is 0. The van der Waals surface area contributed by atoms with Gasteiger partial charge in [0.15, 0.2) is 11.6 Å². The van der Waals surface area contributed by atoms with Crippen LogP contribution in [0.25, 0.3) is 0 Å². The van der Waals surface area contributed by atoms with E-state index in [2.05, 4.69) is 19.9 Å². The normalized spacial score (nSPS) is 47.9. The van der Waals surface area contributed by atoms with E-state index in [0.29, 0.717) is 35.7 Å². The van der Waals surface area contributed by atoms with Crippen LogP contribution in [-0.2, 0) is 9.59 Å². The van der Waals surface area contributed by atoms with Gasteiger partial charge in [-0.1, -0.05) is 25.5 Å². The molecule has 0 aromatic heterocycles. The summed E-state index contributed by atoms with van der Waals surface area (Å²) >= 11 is 0. The van der Waals surface area contributed by atoms with Gasteiger partial charge in [-0.05, 0) is 79.3 Å². The zero-order chi connectivity index (χ0) is 16.4. The Bertz CT molecular complexity index is 640. The second-order valence-electron chi connectivity index (χ2n) is 8.75. The second-order valence-corrected chi connectivity index (χ2v) is 8.75. The van der Waals surface area contributed by atoms with E-state index in [9.17, 15) is 9.59 Å². The molecule has 2 nitrogen and oxygen atoms in total. The van der Waals surface area contributed by atoms with Crippen LogP contribution in [0.5, 0.6) is 0 Å². The molecule has 0 bridgehead atoms. The van der Waals surface area contributed by atoms with Gasteiger partial charge >= 0.3 is 0 Å². The van der Waals surface area contributed by atoms with Gasteiger partial charge in [-0.2, -0.15) is 0 Å². The molecule has 0 N–H and O–H groups in total. The van der Waals surface area contributed by atoms with E-state index in [4.69, 9.17) is 0 Å². The van der Waals surface area contributed by atoms with Gasteiger partial charge in [0, 0.05) is 12.8 Å². The van der Waals surface area contributed by atoms with Gasteiger partial charge in [-0.15, -0.1) is 0 Å². The third kappa shape index (κ3) is 1.93. The summed E-state index contributed by atoms with van der Waals surface area (Å²) in [5.74, 6) is 2.56. The maximum absolute atomic E-state index is 12.5. The SMILES string of the molecule is C/C=C1\C(=O)C[C@H]2[C@@H]3CCC4=CC(=O)CCC4(C)[C@H]3CCC12C. The van der Waals surface area contributed by atoms with Crippen LogP contribution in [0.15, 0.2) is 23.3 Å². The van der Waals surface area contributed by atoms with Crippen molar-refractivity contribution in [3.8, 4) is 0 Å². The molecule has 0 radical (unpaired) electrons. The van der Waals surface area contributed by atoms with Crippen LogP contribution in [0.4, 0.5) is 0 Å². The van der Waals surface area contributed by atoms with Crippen LogP contribution in [-0.4, -0.2) is 11.6 Å². The van der Waals surface area contributed by atoms with Crippen molar-refractivity contribution in [2.45, 2.75) is 65.7 Å². The first kappa shape index (κ1) is 15.4. The monoisotopic (exact) mass is 312 g/mol. The van der Waals surface area contributed by atoms with Crippen LogP contribution in [0, 0.1) is 28.6 Å². The summed E-state index contributed by atoms with van der Waals surface area (Å²) in [6.45, 7) is 6.77. The predicted molar refractivity (Wildman–Crippen MR) is 90.9 cm³/mol. The maximum Gasteiger partial charge on any atom is 0.159 e. The van der Waals surface area contributed by atoms with Crippen LogP contribution in [0.3, 0.4) is 0 Å². The molecule has 0 saturated heterocycles. The minimum absolute atomic E-state index is 0.106. The van der Waals surface area contributed by atoms with Crippen molar-refractivity contribution in [1.29, 1.82) is 0 Å². The van der Waals surface area contributed by atoms with Gasteiger partial charge in [-0.3, -0.25) is 9.59 Å². The summed E-state index contributed by atoms with van der Waals surface area (Å²) in [7, 11) is 0. The highest BCUT2D eigenvalue weighted by Gasteiger charge is 2.59. The largest absolute Gasteiger partial charge is 0.295 e. The number of carbonyl (C=O) groups is 2. The quantitative estimate of drug-likeness (QED) is 0.610. The Hall–Kier alpha value is -1.18. The topological polar surface area (TPSA) is 34.1 Å². The zero-order valence-electron chi connectivity index (χ0n) is 14.7. The van der Waals surface area contributed by atoms with Crippen LogP contribution in [0.1, 0.15) is 65.7 Å². The lowest BCUT2D eigenvalue weighted by Crippen LogP contribution is -2.49. The fourth-order valence-corrected chi connectivity index (χ4v) is 6.71. The van der Waals surface area contributed by atoms with E-state index < -0.39 is 0 Å². The second kappa shape index (κ2) is 4.91. The molecule has 2 heteroatoms. The molecule has 2 unspecified atom stereocenters. The third-order valence-electron chi connectivity index (χ3n) is 7.96. The number of fused-ring (bicyclic) bond motifs is 5. The summed E-state index contributed by atoms with van der Waals surface area (Å²) < 4.78 is 0. The molecule has 124 valence electrons. The van der Waals surface area contributed by atoms with Gasteiger partial charge in [-0.25, -0.2) is 0 Å². The van der Waals surface area contributed by atoms with Crippen LogP contribution < -0.4 is 0 Å². The number of hydrogen-bond donors (Lipinski definition) is 0. The Morgan fingerprint density at radius 3 is 2.57 bits per heavy atom. The molecule has 3 fully saturated rings. The average molecular weight is 312 g/mol. The molecule has 0 aromatic carbocycles. The summed E-state index contributed by atoms with van der Waals surface area (Å²) in [5, 5.41) is 0. The van der Waals surface area contributed by atoms with Crippen LogP contribution >= 0.6 is 0 Å². The zero-order valence-corrected chi connectivity index (χ0v) is 14.7. The highest BCUT2D eigenvalue weighted by atomic mass is 16.1. The lowest BCUT2D eigenvalue weighted by molar-refractivity contribution is -0.117. The van der Waals surface area contributed by atoms with Crippen molar-refractivity contribution in [2.24, 2.45) is 28.6 Å². The minimum atomic E-state index is 0.106. The van der Waals surface area contributed by atoms with Crippen molar-refractivity contribution in [3.05, 3.63) is 23.3 Å². The molecular formula is C21H28O2. The first-order valence-electron chi connectivity index (χ1n) is 9.34. The number of allylic oxidation sites excluding steroid dienone is 3. The molecule has 0 heterocycles. The van der Waals surface area contributed by atoms with Crippen molar-refractivity contribution in [3.63, 3.8) is 0 Å². The average Bonchev–Trinajstić information content (AvgIpc) is 2.77. The minimum Gasteiger partial charge on any atom is -0.295 e. The highest BCUT2D eigenvalue weighted by Crippen LogP contribution is 2.65. The molecule has 4 rings (SSSR count). The number of ketones is 2. The Kier molecular flexibility index (Phi) is 3.28. The number of hydrogen-bond acceptors (Lipinski definition) is 2. The van der Waals surface area contributed by atoms with Crippen LogP contribution in [0.2, 0.25) is 0 Å². The number of Topliss-reactive ketones (excluding diaryl/α,β-unsaturated/α-hetero) is 1. The summed E-state index contributed by atoms with van der Waals surface area (Å²) in [5.41, 5.74) is 2.83. The summed E-state index contributed by atoms with van der Waals surface area (Å²) in [4.78, 5) is 24.4. The Morgan fingerprint density at radius 1 is 1.04 bits per heavy atom. The summed E-state index contributed by atoms with van der Waals surface area (Å²) in [6.07, 6.45) is 11.1. The van der Waals surface area contributed by atoms with Gasteiger partial charge in [0.2, 0.25) is 0 Å². The lowest BCUT2D eigenvalue weighted by Gasteiger charge is -2.57. The van der Waals surface area contributed by atoms with Gasteiger partial charge in [0.05, 0.1) is 0 Å². The lowest BCUT2D eigenvalue weighted by atomic mass is 9.47. The molecule has 0 aliphatic heterocycles. The molecule has 3 saturated carbocycles. The van der Waals surface area contributed by atoms with E-state index in [1.54, 1.807) is 0 Å². The molecule has 0 spiro atoms. The standard InChI is InChI=1S/C21H28O2/c1-4-16-19(23)12-18-15-6-5-13-11-14(22)7-9-20(13,2)17(15)8-10-21(16,18)3/h4,11,15,17-18H,5-10,12H2,1-3H3/b16-4+/t15-,17+,18+,20?,21?/m1/s1. The molecule has 4 aliphatic carbocycles. The van der Waals surface area contributed by atoms with Crippen molar-refractivity contribution >= 4 is 11.6 Å². The van der Waals surface area contributed by atoms with E-state index in [0.717, 1.165) is 31.3 Å². The molecule has 0 amide bonds. The molecule has 4 aliphatic rings. The maximum atomic E-state index is 12.5. The number of carbonyl (C=O) groups excluding carboxylic acids is 2. The fraction of sp³-hybridized carbons (Fsp3) is 0.714. The molecule has 5 atom stereocenters. The Balaban J connectivity index is 1.72. The van der Waals surface area contributed by atoms with Crippen molar-refractivity contribution in [2.75, 3.05) is 0 Å². The fourth-order valence-electron chi connectivity index (χ4n) is 6.71. The Morgan fingerprint density at radius 2 is 1.83 bits per heavy atom. The van der Waals surface area contributed by atoms with Gasteiger partial charge in [0.1, 0.15) is 0 Å². The smallest absolute Gasteiger partial charge is 0.159 e. The predicted octanol–water partition coefficient (Wildman–Crippen LogP) is 4.64. The highest BCUT2D eigenvalue weighted by molar-refractivity contribution is 5.99. The van der Waals surface area contributed by atoms with E-state index in [1.165, 1.54) is 18.4 Å². The first-order valence-corrected chi connectivity index (χ1v) is 9.34. The molecular weight excluding hydrogens is 284 g/mol. The molecule has 0 aromatic rings. The van der Waals surface area contributed by atoms with Gasteiger partial charge in [0.25, 0.3) is 0 Å². The molecule has 23 heavy (non-hydrogen) atoms. The van der Waals surface area contributed by atoms with E-state index in [1.807, 2.05) is 13.0 Å². The Labute approximate surface area is 139 Å². The summed E-state index contributed by atoms with van der Waals surface area (Å²) in [6, 6.07) is 0. The first-order chi connectivity index (χ1) is 10.9. The van der Waals surface area contributed by atoms with Crippen molar-refractivity contribution in [1.82, 2.24) is 0 Å². The van der Waals surface area contributed by atoms with Crippen molar-refractivity contribution < 1.29 is 9.59 Å². The van der Waals surface area contributed by atoms with E-state index >= 15 is 0 Å². The van der Waals surface area contributed by atoms with E-state index in [-0.39, 0.29) is 10.8 Å². The van der Waals surface area contributed by atoms with Gasteiger partial charge < -0.3 is 0 Å².